The fraction of sp³-hybridized carbons (Fsp3) is 0.318. The molecule has 5 rings (SSSR count). The highest BCUT2D eigenvalue weighted by atomic mass is 35.5. The van der Waals surface area contributed by atoms with Crippen LogP contribution in [-0.2, 0) is 11.3 Å². The molecule has 31 heavy (non-hydrogen) atoms. The van der Waals surface area contributed by atoms with E-state index in [1.807, 2.05) is 6.07 Å². The molecule has 0 radical (unpaired) electrons. The van der Waals surface area contributed by atoms with Crippen molar-refractivity contribution in [2.75, 3.05) is 19.9 Å². The third-order valence-corrected chi connectivity index (χ3v) is 6.42. The zero-order valence-corrected chi connectivity index (χ0v) is 17.4. The van der Waals surface area contributed by atoms with E-state index in [0.29, 0.717) is 53.6 Å². The molecule has 0 bridgehead atoms. The lowest BCUT2D eigenvalue weighted by atomic mass is 9.87. The van der Waals surface area contributed by atoms with Crippen LogP contribution in [-0.4, -0.2) is 53.1 Å². The number of likely N-dealkylation sites (tertiary alicyclic amines) is 1. The fourth-order valence-electron chi connectivity index (χ4n) is 4.26. The predicted octanol–water partition coefficient (Wildman–Crippen LogP) is 2.80. The largest absolute Gasteiger partial charge is 0.454 e. The van der Waals surface area contributed by atoms with Crippen LogP contribution in [0, 0.1) is 0 Å². The molecule has 1 spiro atoms. The number of hydrogen-bond acceptors (Lipinski definition) is 5. The fourth-order valence-corrected chi connectivity index (χ4v) is 4.45. The van der Waals surface area contributed by atoms with Crippen LogP contribution >= 0.6 is 11.6 Å². The Kier molecular flexibility index (Phi) is 4.74. The number of nitrogens with one attached hydrogen (secondary N) is 1. The molecule has 2 aromatic carbocycles. The third-order valence-electron chi connectivity index (χ3n) is 6.06. The maximum atomic E-state index is 13.1. The summed E-state index contributed by atoms with van der Waals surface area (Å²) < 4.78 is 10.6. The first kappa shape index (κ1) is 19.7. The summed E-state index contributed by atoms with van der Waals surface area (Å²) >= 11 is 6.19. The Morgan fingerprint density at radius 2 is 1.81 bits per heavy atom. The van der Waals surface area contributed by atoms with Crippen molar-refractivity contribution in [3.63, 3.8) is 0 Å². The topological polar surface area (TPSA) is 88.2 Å². The van der Waals surface area contributed by atoms with Gasteiger partial charge < -0.3 is 19.7 Å². The number of ether oxygens (including phenoxy) is 2. The minimum atomic E-state index is -0.982. The summed E-state index contributed by atoms with van der Waals surface area (Å²) in [4.78, 5) is 41.5. The predicted molar refractivity (Wildman–Crippen MR) is 111 cm³/mol. The Bertz CT molecular complexity index is 1080. The van der Waals surface area contributed by atoms with E-state index in [2.05, 4.69) is 5.32 Å². The Hall–Kier alpha value is -3.26. The summed E-state index contributed by atoms with van der Waals surface area (Å²) in [5.74, 6) is 0.755. The number of imide groups is 1. The molecule has 1 N–H and O–H groups in total. The van der Waals surface area contributed by atoms with Crippen molar-refractivity contribution in [3.8, 4) is 11.5 Å². The van der Waals surface area contributed by atoms with Crippen molar-refractivity contribution in [2.24, 2.45) is 0 Å². The molecule has 2 aromatic rings. The summed E-state index contributed by atoms with van der Waals surface area (Å²) in [6.45, 7) is 0.982. The van der Waals surface area contributed by atoms with E-state index in [0.717, 1.165) is 0 Å². The van der Waals surface area contributed by atoms with E-state index in [9.17, 15) is 14.4 Å². The van der Waals surface area contributed by atoms with Crippen molar-refractivity contribution in [1.82, 2.24) is 15.1 Å². The second-order valence-electron chi connectivity index (χ2n) is 7.86. The molecule has 0 aromatic heterocycles. The first-order valence-corrected chi connectivity index (χ1v) is 10.4. The second kappa shape index (κ2) is 7.46. The van der Waals surface area contributed by atoms with Crippen LogP contribution in [0.3, 0.4) is 0 Å². The highest BCUT2D eigenvalue weighted by molar-refractivity contribution is 6.31. The third kappa shape index (κ3) is 3.37. The minimum absolute atomic E-state index is 0.117. The van der Waals surface area contributed by atoms with Gasteiger partial charge in [0.15, 0.2) is 11.5 Å². The summed E-state index contributed by atoms with van der Waals surface area (Å²) in [6.07, 6.45) is 0.708. The average molecular weight is 442 g/mol. The van der Waals surface area contributed by atoms with E-state index in [4.69, 9.17) is 21.1 Å². The van der Waals surface area contributed by atoms with Gasteiger partial charge in [-0.05, 0) is 42.7 Å². The lowest BCUT2D eigenvalue weighted by Gasteiger charge is -2.37. The molecule has 0 saturated carbocycles. The van der Waals surface area contributed by atoms with E-state index < -0.39 is 11.6 Å². The lowest BCUT2D eigenvalue weighted by molar-refractivity contribution is -0.133. The van der Waals surface area contributed by atoms with Crippen LogP contribution in [0.1, 0.15) is 28.8 Å². The molecule has 4 amide bonds. The summed E-state index contributed by atoms with van der Waals surface area (Å²) in [5.41, 5.74) is 0.228. The standard InChI is InChI=1S/C22H20ClN3O5/c23-16-4-2-1-3-15(16)12-26-20(28)22(24-21(26)29)7-9-25(10-8-22)19(27)14-5-6-17-18(11-14)31-13-30-17/h1-6,11H,7-10,12-13H2,(H,24,29). The van der Waals surface area contributed by atoms with Crippen LogP contribution in [0.4, 0.5) is 4.79 Å². The molecule has 3 aliphatic rings. The molecule has 0 aliphatic carbocycles. The number of benzene rings is 2. The Morgan fingerprint density at radius 3 is 2.58 bits per heavy atom. The number of fused-ring (bicyclic) bond motifs is 1. The maximum Gasteiger partial charge on any atom is 0.325 e. The van der Waals surface area contributed by atoms with E-state index >= 15 is 0 Å². The molecule has 9 heteroatoms. The number of nitrogens with zero attached hydrogens (tertiary/aromatic N) is 2. The van der Waals surface area contributed by atoms with Gasteiger partial charge in [-0.1, -0.05) is 29.8 Å². The van der Waals surface area contributed by atoms with Gasteiger partial charge in [0.05, 0.1) is 6.54 Å². The molecule has 2 saturated heterocycles. The number of piperidine rings is 1. The molecule has 0 atom stereocenters. The average Bonchev–Trinajstić information content (AvgIpc) is 3.33. The molecule has 0 unspecified atom stereocenters. The first-order valence-electron chi connectivity index (χ1n) is 10.0. The second-order valence-corrected chi connectivity index (χ2v) is 8.26. The highest BCUT2D eigenvalue weighted by Gasteiger charge is 2.52. The van der Waals surface area contributed by atoms with Gasteiger partial charge in [-0.15, -0.1) is 0 Å². The van der Waals surface area contributed by atoms with Gasteiger partial charge in [0.2, 0.25) is 6.79 Å². The van der Waals surface area contributed by atoms with Gasteiger partial charge in [-0.3, -0.25) is 14.5 Å². The first-order chi connectivity index (χ1) is 15.0. The van der Waals surface area contributed by atoms with Crippen molar-refractivity contribution in [1.29, 1.82) is 0 Å². The molecule has 3 heterocycles. The number of rotatable bonds is 3. The quantitative estimate of drug-likeness (QED) is 0.740. The Morgan fingerprint density at radius 1 is 1.06 bits per heavy atom. The van der Waals surface area contributed by atoms with Crippen LogP contribution < -0.4 is 14.8 Å². The van der Waals surface area contributed by atoms with Crippen molar-refractivity contribution < 1.29 is 23.9 Å². The van der Waals surface area contributed by atoms with Gasteiger partial charge in [0.1, 0.15) is 5.54 Å². The number of hydrogen-bond donors (Lipinski definition) is 1. The monoisotopic (exact) mass is 441 g/mol. The van der Waals surface area contributed by atoms with Gasteiger partial charge in [0.25, 0.3) is 11.8 Å². The molecular formula is C22H20ClN3O5. The highest BCUT2D eigenvalue weighted by Crippen LogP contribution is 2.34. The molecule has 160 valence electrons. The number of halogens is 1. The van der Waals surface area contributed by atoms with Gasteiger partial charge in [-0.25, -0.2) is 4.79 Å². The van der Waals surface area contributed by atoms with Gasteiger partial charge in [0, 0.05) is 23.7 Å². The Balaban J connectivity index is 1.27. The van der Waals surface area contributed by atoms with E-state index in [1.54, 1.807) is 41.3 Å². The van der Waals surface area contributed by atoms with Crippen LogP contribution in [0.2, 0.25) is 5.02 Å². The summed E-state index contributed by atoms with van der Waals surface area (Å²) in [5, 5.41) is 3.37. The summed E-state index contributed by atoms with van der Waals surface area (Å²) in [7, 11) is 0. The zero-order chi connectivity index (χ0) is 21.6. The molecule has 8 nitrogen and oxygen atoms in total. The molecule has 3 aliphatic heterocycles. The SMILES string of the molecule is O=C(c1ccc2c(c1)OCO2)N1CCC2(CC1)NC(=O)N(Cc1ccccc1Cl)C2=O. The van der Waals surface area contributed by atoms with E-state index in [-0.39, 0.29) is 25.2 Å². The smallest absolute Gasteiger partial charge is 0.325 e. The zero-order valence-electron chi connectivity index (χ0n) is 16.6. The minimum Gasteiger partial charge on any atom is -0.454 e. The van der Waals surface area contributed by atoms with Crippen LogP contribution in [0.5, 0.6) is 11.5 Å². The normalized spacial score (nSPS) is 19.1. The van der Waals surface area contributed by atoms with Crippen molar-refractivity contribution >= 4 is 29.4 Å². The number of amides is 4. The van der Waals surface area contributed by atoms with E-state index in [1.165, 1.54) is 4.90 Å². The molecular weight excluding hydrogens is 422 g/mol. The van der Waals surface area contributed by atoms with Crippen molar-refractivity contribution in [2.45, 2.75) is 24.9 Å². The van der Waals surface area contributed by atoms with Crippen molar-refractivity contribution in [3.05, 3.63) is 58.6 Å². The number of carbonyl (C=O) groups excluding carboxylic acids is 3. The van der Waals surface area contributed by atoms with Crippen LogP contribution in [0.25, 0.3) is 0 Å². The number of carbonyl (C=O) groups is 3. The number of urea groups is 1. The lowest BCUT2D eigenvalue weighted by Crippen LogP contribution is -2.55. The van der Waals surface area contributed by atoms with Gasteiger partial charge in [-0.2, -0.15) is 0 Å². The maximum absolute atomic E-state index is 13.1. The van der Waals surface area contributed by atoms with Crippen LogP contribution in [0.15, 0.2) is 42.5 Å². The summed E-state index contributed by atoms with van der Waals surface area (Å²) in [6, 6.07) is 11.8. The Labute approximate surface area is 183 Å². The molecule has 2 fully saturated rings. The van der Waals surface area contributed by atoms with Gasteiger partial charge >= 0.3 is 6.03 Å².